The molecule has 0 bridgehead atoms. The number of sulfonamides is 1. The van der Waals surface area contributed by atoms with Gasteiger partial charge in [0.1, 0.15) is 10.9 Å². The SMILES string of the molecule is O=C(N[C@@H](Cc1ccc(Cl)c(Br)c1)C(=O)O)c1cc(Cl)c(Cl)cc1NS(=O)(=O)C1=CC=CN2SNC=C12. The summed E-state index contributed by atoms with van der Waals surface area (Å²) >= 11 is 22.7. The average Bonchev–Trinajstić information content (AvgIpc) is 3.31. The number of amides is 1. The van der Waals surface area contributed by atoms with Crippen molar-refractivity contribution in [2.75, 3.05) is 4.72 Å². The molecule has 2 aliphatic rings. The molecule has 0 aliphatic carbocycles. The van der Waals surface area contributed by atoms with E-state index in [-0.39, 0.29) is 32.6 Å². The molecule has 0 saturated carbocycles. The van der Waals surface area contributed by atoms with E-state index in [1.165, 1.54) is 36.5 Å². The highest BCUT2D eigenvalue weighted by Crippen LogP contribution is 2.36. The van der Waals surface area contributed by atoms with Gasteiger partial charge in [-0.2, -0.15) is 0 Å². The molecular weight excluding hydrogens is 651 g/mol. The number of hydrogen-bond donors (Lipinski definition) is 4. The maximum absolute atomic E-state index is 13.3. The van der Waals surface area contributed by atoms with Gasteiger partial charge in [0, 0.05) is 23.3 Å². The summed E-state index contributed by atoms with van der Waals surface area (Å²) < 4.78 is 34.0. The van der Waals surface area contributed by atoms with E-state index in [1.807, 2.05) is 0 Å². The lowest BCUT2D eigenvalue weighted by Gasteiger charge is -2.22. The molecule has 0 aromatic heterocycles. The largest absolute Gasteiger partial charge is 0.480 e. The van der Waals surface area contributed by atoms with Crippen molar-refractivity contribution < 1.29 is 23.1 Å². The Morgan fingerprint density at radius 3 is 2.57 bits per heavy atom. The number of carboxylic acid groups (broad SMARTS) is 1. The van der Waals surface area contributed by atoms with Gasteiger partial charge in [-0.3, -0.25) is 13.8 Å². The van der Waals surface area contributed by atoms with E-state index < -0.39 is 27.9 Å². The molecule has 0 spiro atoms. The number of halogens is 4. The van der Waals surface area contributed by atoms with Gasteiger partial charge in [-0.1, -0.05) is 40.9 Å². The highest BCUT2D eigenvalue weighted by Gasteiger charge is 2.31. The number of anilines is 1. The summed E-state index contributed by atoms with van der Waals surface area (Å²) in [5.41, 5.74) is 0.591. The Labute approximate surface area is 240 Å². The average molecular weight is 667 g/mol. The molecule has 0 radical (unpaired) electrons. The number of fused-ring (bicyclic) bond motifs is 1. The topological polar surface area (TPSA) is 128 Å². The van der Waals surface area contributed by atoms with E-state index in [0.29, 0.717) is 20.8 Å². The molecular formula is C22H16BrCl3N4O5S2. The molecule has 15 heteroatoms. The van der Waals surface area contributed by atoms with Gasteiger partial charge >= 0.3 is 5.97 Å². The molecule has 2 heterocycles. The minimum absolute atomic E-state index is 0.00633. The molecule has 9 nitrogen and oxygen atoms in total. The second-order valence-electron chi connectivity index (χ2n) is 7.67. The predicted molar refractivity (Wildman–Crippen MR) is 149 cm³/mol. The normalized spacial score (nSPS) is 15.3. The summed E-state index contributed by atoms with van der Waals surface area (Å²) in [6, 6.07) is 5.89. The minimum Gasteiger partial charge on any atom is -0.480 e. The van der Waals surface area contributed by atoms with Crippen LogP contribution in [0.25, 0.3) is 0 Å². The van der Waals surface area contributed by atoms with E-state index in [2.05, 4.69) is 30.7 Å². The second-order valence-corrected chi connectivity index (χ2v) is 12.2. The Morgan fingerprint density at radius 1 is 1.14 bits per heavy atom. The van der Waals surface area contributed by atoms with Crippen LogP contribution >= 0.6 is 62.9 Å². The van der Waals surface area contributed by atoms with Crippen LogP contribution in [0.2, 0.25) is 15.1 Å². The van der Waals surface area contributed by atoms with Crippen molar-refractivity contribution in [3.63, 3.8) is 0 Å². The summed E-state index contributed by atoms with van der Waals surface area (Å²) in [4.78, 5) is 25.1. The first-order chi connectivity index (χ1) is 17.5. The van der Waals surface area contributed by atoms with Crippen molar-refractivity contribution in [1.82, 2.24) is 14.3 Å². The first kappa shape index (κ1) is 27.7. The molecule has 194 valence electrons. The standard InChI is InChI=1S/C22H16BrCl3N4O5S2/c23-13-6-11(3-4-14(13)24)7-18(22(32)33)28-21(31)12-8-15(25)16(26)9-17(12)29-37(34,35)20-2-1-5-30-19(20)10-27-36-30/h1-6,8-10,18,27,29H,7H2,(H,28,31)(H,32,33)/t18-/m0/s1. The highest BCUT2D eigenvalue weighted by molar-refractivity contribution is 9.10. The van der Waals surface area contributed by atoms with Crippen LogP contribution in [0.4, 0.5) is 5.69 Å². The maximum atomic E-state index is 13.3. The zero-order chi connectivity index (χ0) is 26.9. The molecule has 1 atom stereocenters. The number of carbonyl (C=O) groups excluding carboxylic acids is 1. The number of benzene rings is 2. The van der Waals surface area contributed by atoms with Crippen molar-refractivity contribution in [2.24, 2.45) is 0 Å². The first-order valence-electron chi connectivity index (χ1n) is 10.3. The Morgan fingerprint density at radius 2 is 1.86 bits per heavy atom. The van der Waals surface area contributed by atoms with E-state index in [9.17, 15) is 23.1 Å². The number of hydrogen-bond acceptors (Lipinski definition) is 7. The van der Waals surface area contributed by atoms with Crippen LogP contribution in [0.5, 0.6) is 0 Å². The van der Waals surface area contributed by atoms with Gasteiger partial charge < -0.3 is 15.1 Å². The number of carbonyl (C=O) groups is 2. The van der Waals surface area contributed by atoms with Gasteiger partial charge in [0.2, 0.25) is 0 Å². The molecule has 0 unspecified atom stereocenters. The third kappa shape index (κ3) is 6.21. The third-order valence-corrected chi connectivity index (χ3v) is 9.26. The Hall–Kier alpha value is -2.35. The number of rotatable bonds is 8. The van der Waals surface area contributed by atoms with Crippen molar-refractivity contribution >= 4 is 90.5 Å². The molecule has 0 fully saturated rings. The summed E-state index contributed by atoms with van der Waals surface area (Å²) in [5, 5.41) is 12.6. The van der Waals surface area contributed by atoms with Gasteiger partial charge in [-0.25, -0.2) is 13.2 Å². The van der Waals surface area contributed by atoms with Crippen LogP contribution in [-0.2, 0) is 21.2 Å². The number of nitrogens with one attached hydrogen (secondary N) is 3. The van der Waals surface area contributed by atoms with Crippen LogP contribution in [0.1, 0.15) is 15.9 Å². The van der Waals surface area contributed by atoms with Crippen molar-refractivity contribution in [1.29, 1.82) is 0 Å². The fourth-order valence-electron chi connectivity index (χ4n) is 3.42. The summed E-state index contributed by atoms with van der Waals surface area (Å²) in [7, 11) is -4.20. The summed E-state index contributed by atoms with van der Waals surface area (Å²) in [6.45, 7) is 0. The summed E-state index contributed by atoms with van der Waals surface area (Å²) in [5.74, 6) is -2.16. The van der Waals surface area contributed by atoms with Crippen molar-refractivity contribution in [3.8, 4) is 0 Å². The van der Waals surface area contributed by atoms with E-state index in [1.54, 1.807) is 34.8 Å². The predicted octanol–water partition coefficient (Wildman–Crippen LogP) is 5.30. The van der Waals surface area contributed by atoms with Crippen molar-refractivity contribution in [2.45, 2.75) is 12.5 Å². The highest BCUT2D eigenvalue weighted by atomic mass is 79.9. The van der Waals surface area contributed by atoms with Crippen LogP contribution in [0, 0.1) is 0 Å². The monoisotopic (exact) mass is 664 g/mol. The van der Waals surface area contributed by atoms with Gasteiger partial charge in [0.25, 0.3) is 15.9 Å². The zero-order valence-electron chi connectivity index (χ0n) is 18.3. The number of allylic oxidation sites excluding steroid dienone is 2. The van der Waals surface area contributed by atoms with Crippen LogP contribution < -0.4 is 14.8 Å². The van der Waals surface area contributed by atoms with E-state index in [0.717, 1.165) is 0 Å². The molecule has 0 saturated heterocycles. The lowest BCUT2D eigenvalue weighted by atomic mass is 10.1. The Balaban J connectivity index is 1.62. The van der Waals surface area contributed by atoms with Gasteiger partial charge in [0.05, 0.1) is 44.1 Å². The fraction of sp³-hybridized carbons (Fsp3) is 0.0909. The van der Waals surface area contributed by atoms with Crippen LogP contribution in [0.15, 0.2) is 70.0 Å². The van der Waals surface area contributed by atoms with Gasteiger partial charge in [0.15, 0.2) is 0 Å². The number of nitrogens with zero attached hydrogens (tertiary/aromatic N) is 1. The minimum atomic E-state index is -4.20. The molecule has 1 amide bonds. The Kier molecular flexibility index (Phi) is 8.36. The van der Waals surface area contributed by atoms with E-state index >= 15 is 0 Å². The lowest BCUT2D eigenvalue weighted by molar-refractivity contribution is -0.139. The van der Waals surface area contributed by atoms with Crippen LogP contribution in [-0.4, -0.2) is 35.7 Å². The third-order valence-electron chi connectivity index (χ3n) is 5.17. The molecule has 4 rings (SSSR count). The zero-order valence-corrected chi connectivity index (χ0v) is 23.8. The summed E-state index contributed by atoms with van der Waals surface area (Å²) in [6.07, 6.45) is 6.10. The molecule has 2 aromatic carbocycles. The molecule has 2 aromatic rings. The smallest absolute Gasteiger partial charge is 0.326 e. The maximum Gasteiger partial charge on any atom is 0.326 e. The van der Waals surface area contributed by atoms with Gasteiger partial charge in [-0.15, -0.1) is 0 Å². The van der Waals surface area contributed by atoms with Gasteiger partial charge in [-0.05, 0) is 57.9 Å². The quantitative estimate of drug-likeness (QED) is 0.280. The van der Waals surface area contributed by atoms with E-state index in [4.69, 9.17) is 34.8 Å². The lowest BCUT2D eigenvalue weighted by Crippen LogP contribution is -2.42. The second kappa shape index (κ2) is 11.2. The Bertz CT molecular complexity index is 1500. The molecule has 2 aliphatic heterocycles. The first-order valence-corrected chi connectivity index (χ1v) is 14.4. The molecule has 37 heavy (non-hydrogen) atoms. The van der Waals surface area contributed by atoms with Crippen LogP contribution in [0.3, 0.4) is 0 Å². The number of carboxylic acids is 1. The molecule has 4 N–H and O–H groups in total. The fourth-order valence-corrected chi connectivity index (χ4v) is 6.27. The van der Waals surface area contributed by atoms with Crippen molar-refractivity contribution in [3.05, 3.63) is 96.2 Å². The number of aliphatic carboxylic acids is 1.